The van der Waals surface area contributed by atoms with Crippen molar-refractivity contribution in [1.82, 2.24) is 15.5 Å². The van der Waals surface area contributed by atoms with Crippen LogP contribution in [-0.2, 0) is 20.7 Å². The van der Waals surface area contributed by atoms with Crippen LogP contribution in [0.1, 0.15) is 68.8 Å². The minimum Gasteiger partial charge on any atom is -0.444 e. The predicted molar refractivity (Wildman–Crippen MR) is 149 cm³/mol. The maximum atomic E-state index is 14.2. The first kappa shape index (κ1) is 30.8. The summed E-state index contributed by atoms with van der Waals surface area (Å²) in [7, 11) is 0. The molecule has 208 valence electrons. The van der Waals surface area contributed by atoms with Gasteiger partial charge in [0.2, 0.25) is 11.8 Å². The molecule has 0 aliphatic heterocycles. The molecule has 0 aromatic heterocycles. The summed E-state index contributed by atoms with van der Waals surface area (Å²) >= 11 is 0. The highest BCUT2D eigenvalue weighted by Gasteiger charge is 2.37. The molecule has 0 aliphatic rings. The Labute approximate surface area is 226 Å². The first-order chi connectivity index (χ1) is 18.0. The van der Waals surface area contributed by atoms with Gasteiger partial charge in [-0.1, -0.05) is 61.9 Å². The highest BCUT2D eigenvalue weighted by Crippen LogP contribution is 2.29. The first-order valence-electron chi connectivity index (χ1n) is 13.3. The van der Waals surface area contributed by atoms with Gasteiger partial charge in [-0.15, -0.1) is 0 Å². The summed E-state index contributed by atoms with van der Waals surface area (Å²) in [5, 5.41) is 15.7. The summed E-state index contributed by atoms with van der Waals surface area (Å²) in [5.74, 6) is -0.805. The molecule has 0 bridgehead atoms. The maximum Gasteiger partial charge on any atom is 0.408 e. The van der Waals surface area contributed by atoms with Crippen LogP contribution in [0.25, 0.3) is 0 Å². The first-order valence-corrected chi connectivity index (χ1v) is 13.3. The van der Waals surface area contributed by atoms with Crippen LogP contribution in [0.5, 0.6) is 0 Å². The predicted octanol–water partition coefficient (Wildman–Crippen LogP) is 4.22. The van der Waals surface area contributed by atoms with Gasteiger partial charge < -0.3 is 25.4 Å². The van der Waals surface area contributed by atoms with Gasteiger partial charge in [0.15, 0.2) is 0 Å². The number of unbranched alkanes of at least 4 members (excludes halogenated alkanes) is 1. The van der Waals surface area contributed by atoms with Gasteiger partial charge in [0.05, 0.1) is 6.61 Å². The molecule has 0 aliphatic carbocycles. The number of alkyl carbamates (subject to hydrolysis) is 1. The van der Waals surface area contributed by atoms with Crippen molar-refractivity contribution in [1.29, 1.82) is 0 Å². The second-order valence-electron chi connectivity index (χ2n) is 10.5. The van der Waals surface area contributed by atoms with Crippen LogP contribution < -0.4 is 10.6 Å². The summed E-state index contributed by atoms with van der Waals surface area (Å²) in [5.41, 5.74) is 2.50. The highest BCUT2D eigenvalue weighted by atomic mass is 16.6. The number of aliphatic hydroxyl groups is 1. The van der Waals surface area contributed by atoms with Crippen LogP contribution >= 0.6 is 0 Å². The van der Waals surface area contributed by atoms with E-state index in [-0.39, 0.29) is 25.5 Å². The molecule has 0 spiro atoms. The quantitative estimate of drug-likeness (QED) is 0.360. The van der Waals surface area contributed by atoms with Gasteiger partial charge in [0, 0.05) is 19.5 Å². The molecule has 2 aromatic rings. The zero-order valence-corrected chi connectivity index (χ0v) is 23.5. The van der Waals surface area contributed by atoms with E-state index in [2.05, 4.69) is 10.6 Å². The largest absolute Gasteiger partial charge is 0.444 e. The van der Waals surface area contributed by atoms with E-state index < -0.39 is 29.7 Å². The second kappa shape index (κ2) is 14.5. The Balaban J connectivity index is 2.54. The molecular weight excluding hydrogens is 482 g/mol. The molecule has 0 fully saturated rings. The molecule has 0 heterocycles. The number of benzene rings is 2. The van der Waals surface area contributed by atoms with Crippen LogP contribution in [0.4, 0.5) is 4.79 Å². The number of carbonyl (C=O) groups excluding carboxylic acids is 3. The highest BCUT2D eigenvalue weighted by molar-refractivity contribution is 5.92. The summed E-state index contributed by atoms with van der Waals surface area (Å²) in [4.78, 5) is 42.0. The molecule has 2 rings (SSSR count). The van der Waals surface area contributed by atoms with Crippen molar-refractivity contribution in [2.45, 2.75) is 78.5 Å². The number of ether oxygens (including phenoxy) is 1. The Morgan fingerprint density at radius 3 is 2.18 bits per heavy atom. The van der Waals surface area contributed by atoms with E-state index in [1.165, 1.54) is 4.90 Å². The third-order valence-corrected chi connectivity index (χ3v) is 6.10. The van der Waals surface area contributed by atoms with Crippen LogP contribution in [0.2, 0.25) is 0 Å². The zero-order chi connectivity index (χ0) is 28.3. The summed E-state index contributed by atoms with van der Waals surface area (Å²) in [6.07, 6.45) is 1.17. The van der Waals surface area contributed by atoms with Crippen LogP contribution in [0, 0.1) is 13.8 Å². The average molecular weight is 526 g/mol. The van der Waals surface area contributed by atoms with Crippen molar-refractivity contribution in [3.63, 3.8) is 0 Å². The van der Waals surface area contributed by atoms with Gasteiger partial charge in [0.1, 0.15) is 17.7 Å². The van der Waals surface area contributed by atoms with E-state index in [1.807, 2.05) is 69.3 Å². The average Bonchev–Trinajstić information content (AvgIpc) is 2.84. The van der Waals surface area contributed by atoms with Crippen molar-refractivity contribution in [3.05, 3.63) is 70.8 Å². The van der Waals surface area contributed by atoms with Crippen LogP contribution in [-0.4, -0.2) is 59.3 Å². The molecule has 0 saturated carbocycles. The number of aryl methyl sites for hydroxylation is 2. The number of amides is 3. The number of carbonyl (C=O) groups is 3. The minimum atomic E-state index is -1.02. The monoisotopic (exact) mass is 525 g/mol. The maximum absolute atomic E-state index is 14.2. The topological polar surface area (TPSA) is 108 Å². The van der Waals surface area contributed by atoms with Gasteiger partial charge in [-0.3, -0.25) is 9.59 Å². The number of nitrogens with zero attached hydrogens (tertiary/aromatic N) is 1. The third kappa shape index (κ3) is 9.17. The number of hydrogen-bond acceptors (Lipinski definition) is 5. The van der Waals surface area contributed by atoms with E-state index >= 15 is 0 Å². The number of hydrogen-bond donors (Lipinski definition) is 3. The molecule has 0 radical (unpaired) electrons. The molecule has 2 unspecified atom stereocenters. The van der Waals surface area contributed by atoms with Gasteiger partial charge in [0.25, 0.3) is 0 Å². The Morgan fingerprint density at radius 2 is 1.63 bits per heavy atom. The number of rotatable bonds is 12. The Bertz CT molecular complexity index is 1050. The van der Waals surface area contributed by atoms with Crippen LogP contribution in [0.3, 0.4) is 0 Å². The van der Waals surface area contributed by atoms with E-state index in [4.69, 9.17) is 4.74 Å². The summed E-state index contributed by atoms with van der Waals surface area (Å²) in [6, 6.07) is 13.0. The van der Waals surface area contributed by atoms with Gasteiger partial charge in [-0.05, 0) is 63.3 Å². The molecular formula is C30H43N3O5. The van der Waals surface area contributed by atoms with E-state index in [0.29, 0.717) is 12.1 Å². The molecule has 3 N–H and O–H groups in total. The fourth-order valence-electron chi connectivity index (χ4n) is 4.35. The molecule has 2 atom stereocenters. The van der Waals surface area contributed by atoms with Gasteiger partial charge in [-0.2, -0.15) is 0 Å². The third-order valence-electron chi connectivity index (χ3n) is 6.10. The van der Waals surface area contributed by atoms with Gasteiger partial charge in [-0.25, -0.2) is 4.79 Å². The minimum absolute atomic E-state index is 0.0836. The fraction of sp³-hybridized carbons (Fsp3) is 0.500. The van der Waals surface area contributed by atoms with Gasteiger partial charge >= 0.3 is 6.09 Å². The molecule has 0 saturated heterocycles. The Hall–Kier alpha value is -3.39. The number of aliphatic hydroxyl groups excluding tert-OH is 1. The lowest BCUT2D eigenvalue weighted by molar-refractivity contribution is -0.143. The number of nitrogens with one attached hydrogen (secondary N) is 2. The fourth-order valence-corrected chi connectivity index (χ4v) is 4.35. The zero-order valence-electron chi connectivity index (χ0n) is 23.5. The summed E-state index contributed by atoms with van der Waals surface area (Å²) in [6.45, 7) is 11.1. The van der Waals surface area contributed by atoms with E-state index in [1.54, 1.807) is 20.8 Å². The smallest absolute Gasteiger partial charge is 0.408 e. The Kier molecular flexibility index (Phi) is 11.8. The lowest BCUT2D eigenvalue weighted by Gasteiger charge is -2.35. The van der Waals surface area contributed by atoms with Crippen molar-refractivity contribution in [2.24, 2.45) is 0 Å². The summed E-state index contributed by atoms with van der Waals surface area (Å²) < 4.78 is 5.44. The molecule has 8 heteroatoms. The molecule has 3 amide bonds. The normalized spacial score (nSPS) is 12.8. The SMILES string of the molecule is CCCCNC(=O)C(c1c(C)cccc1C)N(CCO)C(=O)C(Cc1ccccc1)NC(=O)OC(C)(C)C. The van der Waals surface area contributed by atoms with Crippen molar-refractivity contribution >= 4 is 17.9 Å². The molecule has 8 nitrogen and oxygen atoms in total. The second-order valence-corrected chi connectivity index (χ2v) is 10.5. The van der Waals surface area contributed by atoms with Crippen molar-refractivity contribution in [3.8, 4) is 0 Å². The standard InChI is InChI=1S/C30H43N3O5/c1-7-8-17-31-27(35)26(25-21(2)13-12-14-22(25)3)33(18-19-34)28(36)24(20-23-15-10-9-11-16-23)32-29(37)38-30(4,5)6/h9-16,24,26,34H,7-8,17-20H2,1-6H3,(H,31,35)(H,32,37). The van der Waals surface area contributed by atoms with Crippen LogP contribution in [0.15, 0.2) is 48.5 Å². The molecule has 2 aromatic carbocycles. The lowest BCUT2D eigenvalue weighted by atomic mass is 9.93. The molecule has 38 heavy (non-hydrogen) atoms. The van der Waals surface area contributed by atoms with E-state index in [0.717, 1.165) is 29.5 Å². The van der Waals surface area contributed by atoms with Crippen molar-refractivity contribution in [2.75, 3.05) is 19.7 Å². The van der Waals surface area contributed by atoms with Crippen molar-refractivity contribution < 1.29 is 24.2 Å². The lowest BCUT2D eigenvalue weighted by Crippen LogP contribution is -2.54. The Morgan fingerprint density at radius 1 is 1.00 bits per heavy atom. The van der Waals surface area contributed by atoms with E-state index in [9.17, 15) is 19.5 Å².